The van der Waals surface area contributed by atoms with Gasteiger partial charge in [-0.05, 0) is 53.4 Å². The quantitative estimate of drug-likeness (QED) is 0.448. The van der Waals surface area contributed by atoms with Gasteiger partial charge < -0.3 is 25.1 Å². The number of β-amino-alcohol motifs (C(OH)–C–C–N with tert-alkyl or cyclic N) is 1. The van der Waals surface area contributed by atoms with Gasteiger partial charge in [-0.2, -0.15) is 26.3 Å². The molecule has 3 aromatic rings. The Morgan fingerprint density at radius 1 is 1.05 bits per heavy atom. The minimum Gasteiger partial charge on any atom is -0.412 e. The molecule has 1 atom stereocenters. The predicted molar refractivity (Wildman–Crippen MR) is 134 cm³/mol. The van der Waals surface area contributed by atoms with Crippen molar-refractivity contribution in [2.75, 3.05) is 31.6 Å². The van der Waals surface area contributed by atoms with Crippen molar-refractivity contribution >= 4 is 11.7 Å². The second-order valence-electron chi connectivity index (χ2n) is 9.25. The third kappa shape index (κ3) is 6.90. The molecule has 216 valence electrons. The first-order valence-electron chi connectivity index (χ1n) is 11.9. The highest BCUT2D eigenvalue weighted by Crippen LogP contribution is 2.37. The van der Waals surface area contributed by atoms with Crippen LogP contribution in [0.4, 0.5) is 32.2 Å². The Labute approximate surface area is 225 Å². The van der Waals surface area contributed by atoms with E-state index in [-0.39, 0.29) is 35.8 Å². The number of ether oxygens (including phenoxy) is 1. The minimum absolute atomic E-state index is 0. The Kier molecular flexibility index (Phi) is 9.12. The third-order valence-corrected chi connectivity index (χ3v) is 6.34. The zero-order valence-electron chi connectivity index (χ0n) is 21.5. The van der Waals surface area contributed by atoms with E-state index in [1.165, 1.54) is 13.2 Å². The number of pyridine rings is 1. The first kappa shape index (κ1) is 30.9. The Morgan fingerprint density at radius 3 is 2.25 bits per heavy atom. The largest absolute Gasteiger partial charge is 0.416 e. The van der Waals surface area contributed by atoms with E-state index in [4.69, 9.17) is 4.74 Å². The van der Waals surface area contributed by atoms with Crippen molar-refractivity contribution in [2.24, 2.45) is 0 Å². The van der Waals surface area contributed by atoms with Crippen molar-refractivity contribution in [2.45, 2.75) is 32.1 Å². The molecule has 2 heterocycles. The highest BCUT2D eigenvalue weighted by molar-refractivity contribution is 6.01. The van der Waals surface area contributed by atoms with Crippen LogP contribution in [0.1, 0.15) is 32.6 Å². The fourth-order valence-corrected chi connectivity index (χ4v) is 4.39. The number of morpholine rings is 1. The zero-order chi connectivity index (χ0) is 28.5. The molecule has 40 heavy (non-hydrogen) atoms. The lowest BCUT2D eigenvalue weighted by molar-refractivity contribution is -0.143. The molecule has 4 rings (SSSR count). The second-order valence-corrected chi connectivity index (χ2v) is 9.25. The summed E-state index contributed by atoms with van der Waals surface area (Å²) in [5.41, 5.74) is -1.09. The van der Waals surface area contributed by atoms with Crippen molar-refractivity contribution in [3.05, 3.63) is 82.5 Å². The Balaban J connectivity index is 0.00000441. The molecule has 3 N–H and O–H groups in total. The molecule has 0 bridgehead atoms. The van der Waals surface area contributed by atoms with E-state index >= 15 is 0 Å². The number of aryl methyl sites for hydroxylation is 1. The van der Waals surface area contributed by atoms with Gasteiger partial charge in [0.1, 0.15) is 5.82 Å². The summed E-state index contributed by atoms with van der Waals surface area (Å²) in [6.07, 6.45) is -9.68. The average Bonchev–Trinajstić information content (AvgIpc) is 2.87. The Bertz CT molecular complexity index is 1330. The predicted octanol–water partition coefficient (Wildman–Crippen LogP) is 4.70. The number of aliphatic hydroxyl groups excluding tert-OH is 1. The number of rotatable bonds is 5. The van der Waals surface area contributed by atoms with Crippen LogP contribution in [0.2, 0.25) is 0 Å². The molecule has 0 radical (unpaired) electrons. The summed E-state index contributed by atoms with van der Waals surface area (Å²) in [6, 6.07) is 10.2. The van der Waals surface area contributed by atoms with Gasteiger partial charge in [0.25, 0.3) is 5.91 Å². The Morgan fingerprint density at radius 2 is 1.68 bits per heavy atom. The molecule has 1 saturated heterocycles. The van der Waals surface area contributed by atoms with Crippen molar-refractivity contribution < 1.29 is 46.5 Å². The third-order valence-electron chi connectivity index (χ3n) is 6.34. The summed E-state index contributed by atoms with van der Waals surface area (Å²) in [6.45, 7) is 2.21. The number of anilines is 1. The number of hydrogen-bond acceptors (Lipinski definition) is 5. The molecule has 1 amide bonds. The van der Waals surface area contributed by atoms with Gasteiger partial charge in [-0.1, -0.05) is 24.3 Å². The van der Waals surface area contributed by atoms with Gasteiger partial charge in [0.2, 0.25) is 0 Å². The monoisotopic (exact) mass is 571 g/mol. The molecule has 1 aromatic heterocycles. The maximum Gasteiger partial charge on any atom is 0.416 e. The molecule has 0 saturated carbocycles. The van der Waals surface area contributed by atoms with Gasteiger partial charge in [0, 0.05) is 26.3 Å². The molecule has 1 aliphatic heterocycles. The van der Waals surface area contributed by atoms with Gasteiger partial charge in [-0.25, -0.2) is 4.98 Å². The first-order chi connectivity index (χ1) is 18.2. The van der Waals surface area contributed by atoms with Crippen LogP contribution >= 0.6 is 0 Å². The number of halogens is 6. The molecule has 1 aliphatic rings. The van der Waals surface area contributed by atoms with Gasteiger partial charge in [-0.3, -0.25) is 4.79 Å². The van der Waals surface area contributed by atoms with Gasteiger partial charge in [-0.15, -0.1) is 0 Å². The van der Waals surface area contributed by atoms with E-state index in [1.807, 2.05) is 19.1 Å². The van der Waals surface area contributed by atoms with Crippen LogP contribution in [0.5, 0.6) is 0 Å². The number of aliphatic hydroxyl groups is 1. The van der Waals surface area contributed by atoms with Gasteiger partial charge >= 0.3 is 12.4 Å². The second kappa shape index (κ2) is 11.8. The Hall–Kier alpha value is -3.68. The minimum atomic E-state index is -5.00. The number of carbonyl (C=O) groups is 1. The number of amides is 1. The van der Waals surface area contributed by atoms with E-state index in [0.29, 0.717) is 35.6 Å². The molecule has 7 nitrogen and oxygen atoms in total. The van der Waals surface area contributed by atoms with Crippen molar-refractivity contribution in [1.82, 2.24) is 9.88 Å². The molecule has 0 aliphatic carbocycles. The number of aromatic nitrogens is 1. The maximum absolute atomic E-state index is 13.5. The van der Waals surface area contributed by atoms with Crippen molar-refractivity contribution in [1.29, 1.82) is 0 Å². The molecule has 2 aromatic carbocycles. The van der Waals surface area contributed by atoms with Crippen LogP contribution < -0.4 is 4.90 Å². The summed E-state index contributed by atoms with van der Waals surface area (Å²) >= 11 is 0. The first-order valence-corrected chi connectivity index (χ1v) is 11.9. The maximum atomic E-state index is 13.5. The van der Waals surface area contributed by atoms with Gasteiger partial charge in [0.15, 0.2) is 6.29 Å². The van der Waals surface area contributed by atoms with Gasteiger partial charge in [0.05, 0.1) is 29.8 Å². The lowest BCUT2D eigenvalue weighted by Crippen LogP contribution is -2.42. The van der Waals surface area contributed by atoms with E-state index in [1.54, 1.807) is 23.1 Å². The summed E-state index contributed by atoms with van der Waals surface area (Å²) < 4.78 is 85.0. The lowest BCUT2D eigenvalue weighted by Gasteiger charge is -2.31. The number of alkyl halides is 6. The van der Waals surface area contributed by atoms with Crippen LogP contribution in [-0.4, -0.2) is 59.4 Å². The molecule has 1 unspecified atom stereocenters. The van der Waals surface area contributed by atoms with E-state index in [0.717, 1.165) is 10.5 Å². The number of carbonyl (C=O) groups excluding carboxylic acids is 1. The summed E-state index contributed by atoms with van der Waals surface area (Å²) in [7, 11) is 1.30. The lowest BCUT2D eigenvalue weighted by atomic mass is 9.96. The fraction of sp³-hybridized carbons (Fsp3) is 0.333. The van der Waals surface area contributed by atoms with Crippen LogP contribution in [0.25, 0.3) is 11.1 Å². The zero-order valence-corrected chi connectivity index (χ0v) is 21.5. The SMILES string of the molecule is Cc1ccccc1-c1cc(N2CCOC(O)C2)ncc1C(=O)N(C)Cc1cc(C(F)(F)F)cc(C(F)(F)F)c1.O. The molecule has 1 fully saturated rings. The summed E-state index contributed by atoms with van der Waals surface area (Å²) in [5, 5.41) is 9.87. The van der Waals surface area contributed by atoms with Crippen LogP contribution in [0.15, 0.2) is 54.7 Å². The average molecular weight is 572 g/mol. The molecule has 0 spiro atoms. The van der Waals surface area contributed by atoms with Crippen molar-refractivity contribution in [3.63, 3.8) is 0 Å². The standard InChI is InChI=1S/C27H25F6N3O3.H2O/c1-16-5-3-4-6-20(16)21-12-23(36-7-8-39-24(37)15-36)34-13-22(21)25(38)35(2)14-17-9-18(26(28,29)30)11-19(10-17)27(31,32)33;/h3-6,9-13,24,37H,7-8,14-15H2,1-2H3;1H2. The summed E-state index contributed by atoms with van der Waals surface area (Å²) in [5.74, 6) is -0.164. The highest BCUT2D eigenvalue weighted by Gasteiger charge is 2.37. The number of hydrogen-bond donors (Lipinski definition) is 1. The highest BCUT2D eigenvalue weighted by atomic mass is 19.4. The molecular formula is C27H27F6N3O4. The van der Waals surface area contributed by atoms with Crippen LogP contribution in [0.3, 0.4) is 0 Å². The fourth-order valence-electron chi connectivity index (χ4n) is 4.39. The van der Waals surface area contributed by atoms with Crippen LogP contribution in [0, 0.1) is 6.92 Å². The topological polar surface area (TPSA) is 97.4 Å². The molecule has 13 heteroatoms. The van der Waals surface area contributed by atoms with Crippen molar-refractivity contribution in [3.8, 4) is 11.1 Å². The van der Waals surface area contributed by atoms with E-state index < -0.39 is 42.2 Å². The van der Waals surface area contributed by atoms with E-state index in [2.05, 4.69) is 4.98 Å². The summed E-state index contributed by atoms with van der Waals surface area (Å²) in [4.78, 5) is 20.7. The van der Waals surface area contributed by atoms with Crippen LogP contribution in [-0.2, 0) is 23.6 Å². The number of benzene rings is 2. The van der Waals surface area contributed by atoms with E-state index in [9.17, 15) is 36.2 Å². The molecular weight excluding hydrogens is 544 g/mol. The normalized spacial score (nSPS) is 15.9. The smallest absolute Gasteiger partial charge is 0.412 e. The number of nitrogens with zero attached hydrogens (tertiary/aromatic N) is 3.